The molecule has 0 spiro atoms. The summed E-state index contributed by atoms with van der Waals surface area (Å²) in [6, 6.07) is 9.44. The van der Waals surface area contributed by atoms with Gasteiger partial charge in [0.2, 0.25) is 6.26 Å². The zero-order valence-corrected chi connectivity index (χ0v) is 5.77. The van der Waals surface area contributed by atoms with Crippen molar-refractivity contribution in [3.05, 3.63) is 51.9 Å². The van der Waals surface area contributed by atoms with Gasteiger partial charge in [0.1, 0.15) is 0 Å². The zero-order valence-electron chi connectivity index (χ0n) is 5.77. The Bertz CT molecular complexity index is 241. The minimum atomic E-state index is 0.949. The van der Waals surface area contributed by atoms with Crippen LogP contribution in [0.1, 0.15) is 5.56 Å². The third kappa shape index (κ3) is 2.62. The number of benzene rings is 1. The molecule has 56 valence electrons. The minimum Gasteiger partial charge on any atom is -0.0622 e. The highest BCUT2D eigenvalue weighted by Gasteiger charge is 1.86. The van der Waals surface area contributed by atoms with E-state index in [0.717, 1.165) is 5.56 Å². The molecule has 0 heterocycles. The molecule has 1 aromatic rings. The molecule has 0 aliphatic heterocycles. The van der Waals surface area contributed by atoms with Crippen molar-refractivity contribution in [1.29, 1.82) is 0 Å². The van der Waals surface area contributed by atoms with E-state index in [1.54, 1.807) is 6.08 Å². The first-order valence-corrected chi connectivity index (χ1v) is 3.10. The molecule has 0 radical (unpaired) electrons. The van der Waals surface area contributed by atoms with E-state index in [1.807, 2.05) is 30.3 Å². The van der Waals surface area contributed by atoms with E-state index in [2.05, 4.69) is 9.63 Å². The van der Waals surface area contributed by atoms with E-state index < -0.39 is 0 Å². The molecule has 0 saturated heterocycles. The van der Waals surface area contributed by atoms with Crippen molar-refractivity contribution in [2.45, 2.75) is 0 Å². The first-order chi connectivity index (χ1) is 5.43. The van der Waals surface area contributed by atoms with Crippen LogP contribution in [-0.4, -0.2) is 0 Å². The fourth-order valence-corrected chi connectivity index (χ4v) is 0.693. The van der Waals surface area contributed by atoms with Gasteiger partial charge in [-0.1, -0.05) is 30.3 Å². The highest BCUT2D eigenvalue weighted by Crippen LogP contribution is 2.00. The van der Waals surface area contributed by atoms with Crippen molar-refractivity contribution >= 4 is 6.08 Å². The maximum atomic E-state index is 9.35. The van der Waals surface area contributed by atoms with Crippen LogP contribution in [0.3, 0.4) is 0 Å². The summed E-state index contributed by atoms with van der Waals surface area (Å²) in [5.74, 6) is 0. The summed E-state index contributed by atoms with van der Waals surface area (Å²) in [4.78, 5) is 13.3. The van der Waals surface area contributed by atoms with Gasteiger partial charge in [0.05, 0.1) is 0 Å². The molecule has 3 nitrogen and oxygen atoms in total. The highest BCUT2D eigenvalue weighted by molar-refractivity contribution is 5.47. The zero-order chi connectivity index (χ0) is 7.94. The van der Waals surface area contributed by atoms with Crippen LogP contribution >= 0.6 is 0 Å². The molecular formula is C8H7O3+. The monoisotopic (exact) mass is 151 g/mol. The summed E-state index contributed by atoms with van der Waals surface area (Å²) in [5, 5.41) is 0. The molecule has 0 N–H and O–H groups in total. The second kappa shape index (κ2) is 4.22. The SMILES string of the molecule is O=[O+]OC=Cc1ccccc1. The molecular weight excluding hydrogens is 144 g/mol. The molecule has 0 aliphatic rings. The Morgan fingerprint density at radius 2 is 2.00 bits per heavy atom. The standard InChI is InChI=1S/C8H7O3/c9-11-10-7-6-8-4-2-1-3-5-8/h1-7H/q+1. The summed E-state index contributed by atoms with van der Waals surface area (Å²) in [6.07, 6.45) is 2.81. The molecule has 0 aromatic heterocycles. The summed E-state index contributed by atoms with van der Waals surface area (Å²) in [7, 11) is 0. The van der Waals surface area contributed by atoms with Crippen LogP contribution in [0, 0.1) is 9.71 Å². The van der Waals surface area contributed by atoms with Gasteiger partial charge >= 0.3 is 4.75 Å². The Hall–Kier alpha value is -1.64. The lowest BCUT2D eigenvalue weighted by atomic mass is 10.2. The van der Waals surface area contributed by atoms with Crippen LogP contribution in [0.15, 0.2) is 36.6 Å². The summed E-state index contributed by atoms with van der Waals surface area (Å²) in [6.45, 7) is 0. The van der Waals surface area contributed by atoms with Crippen molar-refractivity contribution in [3.63, 3.8) is 0 Å². The third-order valence-electron chi connectivity index (χ3n) is 1.15. The smallest absolute Gasteiger partial charge is 0.0622 e. The van der Waals surface area contributed by atoms with Crippen molar-refractivity contribution in [2.24, 2.45) is 0 Å². The lowest BCUT2D eigenvalue weighted by Crippen LogP contribution is -1.69. The highest BCUT2D eigenvalue weighted by atomic mass is 17.3. The maximum absolute atomic E-state index is 9.35. The van der Waals surface area contributed by atoms with Gasteiger partial charge in [-0.2, -0.15) is 0 Å². The second-order valence-electron chi connectivity index (χ2n) is 1.88. The van der Waals surface area contributed by atoms with E-state index in [-0.39, 0.29) is 0 Å². The number of hydrogen-bond acceptors (Lipinski definition) is 2. The molecule has 0 fully saturated rings. The average molecular weight is 151 g/mol. The lowest BCUT2D eigenvalue weighted by molar-refractivity contribution is 0.393. The first-order valence-electron chi connectivity index (χ1n) is 3.10. The van der Waals surface area contributed by atoms with Gasteiger partial charge in [-0.15, -0.1) is 0 Å². The normalized spacial score (nSPS) is 9.82. The molecule has 0 amide bonds. The number of rotatable bonds is 3. The molecule has 0 atom stereocenters. The topological polar surface area (TPSA) is 37.6 Å². The largest absolute Gasteiger partial charge is 0.382 e. The average Bonchev–Trinajstić information content (AvgIpc) is 2.07. The van der Waals surface area contributed by atoms with Crippen LogP contribution in [0.2, 0.25) is 0 Å². The van der Waals surface area contributed by atoms with Crippen LogP contribution < -0.4 is 0 Å². The molecule has 0 aliphatic carbocycles. The van der Waals surface area contributed by atoms with Crippen molar-refractivity contribution in [2.75, 3.05) is 0 Å². The van der Waals surface area contributed by atoms with Gasteiger partial charge in [-0.25, -0.2) is 0 Å². The molecule has 3 heteroatoms. The van der Waals surface area contributed by atoms with E-state index in [9.17, 15) is 4.96 Å². The van der Waals surface area contributed by atoms with Crippen molar-refractivity contribution in [3.8, 4) is 0 Å². The molecule has 0 unspecified atom stereocenters. The Morgan fingerprint density at radius 1 is 1.27 bits per heavy atom. The molecule has 11 heavy (non-hydrogen) atoms. The minimum absolute atomic E-state index is 0.949. The molecule has 0 saturated carbocycles. The van der Waals surface area contributed by atoms with E-state index >= 15 is 0 Å². The van der Waals surface area contributed by atoms with Crippen molar-refractivity contribution < 1.29 is 4.89 Å². The van der Waals surface area contributed by atoms with E-state index in [0.29, 0.717) is 0 Å². The van der Waals surface area contributed by atoms with Gasteiger partial charge in [0.25, 0.3) is 4.96 Å². The third-order valence-corrected chi connectivity index (χ3v) is 1.15. The summed E-state index contributed by atoms with van der Waals surface area (Å²) < 4.78 is 3.13. The van der Waals surface area contributed by atoms with Crippen LogP contribution in [0.25, 0.3) is 6.08 Å². The van der Waals surface area contributed by atoms with E-state index in [4.69, 9.17) is 0 Å². The summed E-state index contributed by atoms with van der Waals surface area (Å²) >= 11 is 0. The molecule has 0 bridgehead atoms. The second-order valence-corrected chi connectivity index (χ2v) is 1.88. The van der Waals surface area contributed by atoms with E-state index in [1.165, 1.54) is 6.26 Å². The summed E-state index contributed by atoms with van der Waals surface area (Å²) in [5.41, 5.74) is 0.949. The van der Waals surface area contributed by atoms with Gasteiger partial charge in [-0.3, -0.25) is 0 Å². The Balaban J connectivity index is 2.57. The molecule has 1 aromatic carbocycles. The van der Waals surface area contributed by atoms with Crippen LogP contribution in [0.5, 0.6) is 0 Å². The van der Waals surface area contributed by atoms with Gasteiger partial charge < -0.3 is 0 Å². The lowest BCUT2D eigenvalue weighted by Gasteiger charge is -1.85. The quantitative estimate of drug-likeness (QED) is 0.287. The van der Waals surface area contributed by atoms with Crippen molar-refractivity contribution in [1.82, 2.24) is 0 Å². The predicted octanol–water partition coefficient (Wildman–Crippen LogP) is 2.21. The van der Waals surface area contributed by atoms with Gasteiger partial charge in [0, 0.05) is 0 Å². The Labute approximate surface area is 63.8 Å². The molecule has 1 rings (SSSR count). The van der Waals surface area contributed by atoms with Crippen LogP contribution in [0.4, 0.5) is 0 Å². The van der Waals surface area contributed by atoms with Gasteiger partial charge in [0.15, 0.2) is 0 Å². The fourth-order valence-electron chi connectivity index (χ4n) is 0.693. The number of hydrogen-bond donors (Lipinski definition) is 0. The van der Waals surface area contributed by atoms with Gasteiger partial charge in [-0.05, 0) is 16.5 Å². The fraction of sp³-hybridized carbons (Fsp3) is 0. The Morgan fingerprint density at radius 3 is 2.64 bits per heavy atom. The maximum Gasteiger partial charge on any atom is 0.382 e. The van der Waals surface area contributed by atoms with Crippen LogP contribution in [-0.2, 0) is 4.89 Å². The first kappa shape index (κ1) is 7.47. The predicted molar refractivity (Wildman–Crippen MR) is 43.3 cm³/mol. The Kier molecular flexibility index (Phi) is 2.86.